The highest BCUT2D eigenvalue weighted by Crippen LogP contribution is 2.22. The van der Waals surface area contributed by atoms with Gasteiger partial charge in [0, 0.05) is 5.56 Å². The third-order valence-electron chi connectivity index (χ3n) is 3.21. The van der Waals surface area contributed by atoms with Crippen molar-refractivity contribution in [3.8, 4) is 11.5 Å². The molecule has 0 amide bonds. The Labute approximate surface area is 123 Å². The molecule has 5 heteroatoms. The van der Waals surface area contributed by atoms with E-state index in [2.05, 4.69) is 5.48 Å². The monoisotopic (exact) mass is 287 g/mol. The van der Waals surface area contributed by atoms with Crippen LogP contribution in [0.3, 0.4) is 0 Å². The van der Waals surface area contributed by atoms with Crippen LogP contribution in [-0.2, 0) is 0 Å². The Morgan fingerprint density at radius 3 is 1.86 bits per heavy atom. The molecule has 110 valence electrons. The van der Waals surface area contributed by atoms with Crippen LogP contribution >= 0.6 is 0 Å². The predicted octanol–water partition coefficient (Wildman–Crippen LogP) is 2.61. The lowest BCUT2D eigenvalue weighted by molar-refractivity contribution is 0.0764. The van der Waals surface area contributed by atoms with E-state index in [0.717, 1.165) is 0 Å². The van der Waals surface area contributed by atoms with Gasteiger partial charge in [-0.25, -0.2) is 0 Å². The molecule has 2 aromatic rings. The lowest BCUT2D eigenvalue weighted by Crippen LogP contribution is -2.26. The molecular formula is C16H17NO4. The Hall–Kier alpha value is -2.37. The number of nitrogens with one attached hydrogen (secondary N) is 1. The van der Waals surface area contributed by atoms with E-state index >= 15 is 0 Å². The molecule has 0 radical (unpaired) electrons. The molecule has 2 aromatic carbocycles. The van der Waals surface area contributed by atoms with Crippen molar-refractivity contribution < 1.29 is 19.5 Å². The topological polar surface area (TPSA) is 67.8 Å². The van der Waals surface area contributed by atoms with Gasteiger partial charge >= 0.3 is 0 Å². The minimum Gasteiger partial charge on any atom is -0.497 e. The van der Waals surface area contributed by atoms with Gasteiger partial charge in [-0.15, -0.1) is 0 Å². The third-order valence-corrected chi connectivity index (χ3v) is 3.21. The maximum atomic E-state index is 12.4. The van der Waals surface area contributed by atoms with Crippen LogP contribution < -0.4 is 15.0 Å². The predicted molar refractivity (Wildman–Crippen MR) is 78.0 cm³/mol. The zero-order valence-electron chi connectivity index (χ0n) is 11.9. The van der Waals surface area contributed by atoms with Crippen molar-refractivity contribution in [2.24, 2.45) is 0 Å². The van der Waals surface area contributed by atoms with Gasteiger partial charge in [0.1, 0.15) is 17.5 Å². The van der Waals surface area contributed by atoms with Gasteiger partial charge in [0.25, 0.3) is 0 Å². The molecule has 0 fully saturated rings. The van der Waals surface area contributed by atoms with Gasteiger partial charge < -0.3 is 14.7 Å². The second-order valence-electron chi connectivity index (χ2n) is 4.43. The molecule has 0 aromatic heterocycles. The van der Waals surface area contributed by atoms with Crippen LogP contribution in [0, 0.1) is 0 Å². The van der Waals surface area contributed by atoms with E-state index in [1.54, 1.807) is 62.8 Å². The van der Waals surface area contributed by atoms with Crippen molar-refractivity contribution in [2.45, 2.75) is 6.04 Å². The summed E-state index contributed by atoms with van der Waals surface area (Å²) in [5, 5.41) is 9.31. The number of carbonyl (C=O) groups is 1. The summed E-state index contributed by atoms with van der Waals surface area (Å²) in [4.78, 5) is 12.4. The molecule has 0 aliphatic heterocycles. The van der Waals surface area contributed by atoms with Crippen LogP contribution in [0.25, 0.3) is 0 Å². The summed E-state index contributed by atoms with van der Waals surface area (Å²) in [6, 6.07) is 12.8. The summed E-state index contributed by atoms with van der Waals surface area (Å²) in [5.41, 5.74) is 3.20. The Bertz CT molecular complexity index is 593. The van der Waals surface area contributed by atoms with E-state index < -0.39 is 6.04 Å². The normalized spacial score (nSPS) is 11.8. The van der Waals surface area contributed by atoms with Crippen LogP contribution in [0.5, 0.6) is 11.5 Å². The molecule has 2 rings (SSSR count). The van der Waals surface area contributed by atoms with Gasteiger partial charge in [0.2, 0.25) is 0 Å². The molecule has 21 heavy (non-hydrogen) atoms. The lowest BCUT2D eigenvalue weighted by Gasteiger charge is -2.15. The van der Waals surface area contributed by atoms with Crippen molar-refractivity contribution in [2.75, 3.05) is 14.2 Å². The number of ketones is 1. The van der Waals surface area contributed by atoms with Gasteiger partial charge in [-0.3, -0.25) is 4.79 Å². The summed E-state index contributed by atoms with van der Waals surface area (Å²) in [7, 11) is 3.13. The zero-order valence-corrected chi connectivity index (χ0v) is 11.9. The first-order valence-corrected chi connectivity index (χ1v) is 6.41. The van der Waals surface area contributed by atoms with Crippen molar-refractivity contribution in [3.05, 3.63) is 59.7 Å². The van der Waals surface area contributed by atoms with Gasteiger partial charge in [0.15, 0.2) is 5.78 Å². The summed E-state index contributed by atoms with van der Waals surface area (Å²) < 4.78 is 10.1. The summed E-state index contributed by atoms with van der Waals surface area (Å²) in [6.45, 7) is 0. The summed E-state index contributed by atoms with van der Waals surface area (Å²) in [6.07, 6.45) is 0. The Kier molecular flexibility index (Phi) is 4.92. The van der Waals surface area contributed by atoms with Crippen LogP contribution in [-0.4, -0.2) is 25.2 Å². The second kappa shape index (κ2) is 6.88. The fourth-order valence-corrected chi connectivity index (χ4v) is 2.00. The summed E-state index contributed by atoms with van der Waals surface area (Å²) in [5.74, 6) is 1.13. The smallest absolute Gasteiger partial charge is 0.186 e. The first-order valence-electron chi connectivity index (χ1n) is 6.41. The Morgan fingerprint density at radius 1 is 0.952 bits per heavy atom. The zero-order chi connectivity index (χ0) is 15.2. The number of hydroxylamine groups is 1. The highest BCUT2D eigenvalue weighted by Gasteiger charge is 2.21. The lowest BCUT2D eigenvalue weighted by atomic mass is 9.98. The average molecular weight is 287 g/mol. The van der Waals surface area contributed by atoms with Crippen LogP contribution in [0.15, 0.2) is 48.5 Å². The first-order chi connectivity index (χ1) is 10.2. The van der Waals surface area contributed by atoms with E-state index in [1.807, 2.05) is 0 Å². The van der Waals surface area contributed by atoms with Crippen molar-refractivity contribution >= 4 is 5.78 Å². The Morgan fingerprint density at radius 2 is 1.43 bits per heavy atom. The molecule has 0 saturated carbocycles. The van der Waals surface area contributed by atoms with E-state index in [4.69, 9.17) is 9.47 Å². The van der Waals surface area contributed by atoms with Gasteiger partial charge in [-0.2, -0.15) is 5.48 Å². The van der Waals surface area contributed by atoms with E-state index in [-0.39, 0.29) is 5.78 Å². The number of ether oxygens (including phenoxy) is 2. The molecule has 0 spiro atoms. The molecule has 0 heterocycles. The average Bonchev–Trinajstić information content (AvgIpc) is 2.56. The fraction of sp³-hybridized carbons (Fsp3) is 0.188. The molecule has 0 aliphatic rings. The largest absolute Gasteiger partial charge is 0.497 e. The second-order valence-corrected chi connectivity index (χ2v) is 4.43. The van der Waals surface area contributed by atoms with Crippen molar-refractivity contribution in [1.29, 1.82) is 0 Å². The molecular weight excluding hydrogens is 270 g/mol. The number of Topliss-reactive ketones (excluding diaryl/α,β-unsaturated/α-hetero) is 1. The highest BCUT2D eigenvalue weighted by atomic mass is 16.5. The van der Waals surface area contributed by atoms with Crippen molar-refractivity contribution in [3.63, 3.8) is 0 Å². The molecule has 0 aliphatic carbocycles. The number of hydrogen-bond donors (Lipinski definition) is 2. The van der Waals surface area contributed by atoms with Crippen LogP contribution in [0.4, 0.5) is 0 Å². The summed E-state index contributed by atoms with van der Waals surface area (Å²) >= 11 is 0. The fourth-order valence-electron chi connectivity index (χ4n) is 2.00. The standard InChI is InChI=1S/C16H17NO4/c1-20-13-7-3-11(4-8-13)15(17-19)16(18)12-5-9-14(21-2)10-6-12/h3-10,15,17,19H,1-2H3. The highest BCUT2D eigenvalue weighted by molar-refractivity contribution is 6.00. The van der Waals surface area contributed by atoms with E-state index in [9.17, 15) is 10.0 Å². The van der Waals surface area contributed by atoms with Crippen LogP contribution in [0.1, 0.15) is 22.0 Å². The number of carbonyl (C=O) groups excluding carboxylic acids is 1. The third kappa shape index (κ3) is 3.39. The maximum Gasteiger partial charge on any atom is 0.186 e. The SMILES string of the molecule is COc1ccc(C(=O)C(NO)c2ccc(OC)cc2)cc1. The minimum atomic E-state index is -0.829. The van der Waals surface area contributed by atoms with E-state index in [1.165, 1.54) is 0 Å². The number of methoxy groups -OCH3 is 2. The number of rotatable bonds is 6. The first kappa shape index (κ1) is 15.0. The molecule has 1 atom stereocenters. The molecule has 1 unspecified atom stereocenters. The van der Waals surface area contributed by atoms with Crippen molar-refractivity contribution in [1.82, 2.24) is 5.48 Å². The molecule has 0 bridgehead atoms. The van der Waals surface area contributed by atoms with Gasteiger partial charge in [0.05, 0.1) is 14.2 Å². The molecule has 5 nitrogen and oxygen atoms in total. The Balaban J connectivity index is 2.24. The maximum absolute atomic E-state index is 12.4. The quantitative estimate of drug-likeness (QED) is 0.631. The molecule has 0 saturated heterocycles. The molecule has 2 N–H and O–H groups in total. The minimum absolute atomic E-state index is 0.231. The number of hydrogen-bond acceptors (Lipinski definition) is 5. The van der Waals surface area contributed by atoms with E-state index in [0.29, 0.717) is 22.6 Å². The number of benzene rings is 2. The van der Waals surface area contributed by atoms with Gasteiger partial charge in [-0.05, 0) is 42.0 Å². The van der Waals surface area contributed by atoms with Crippen LogP contribution in [0.2, 0.25) is 0 Å². The van der Waals surface area contributed by atoms with Gasteiger partial charge in [-0.1, -0.05) is 12.1 Å².